The van der Waals surface area contributed by atoms with Crippen LogP contribution in [0.4, 0.5) is 0 Å². The predicted octanol–water partition coefficient (Wildman–Crippen LogP) is 7.07. The fourth-order valence-electron chi connectivity index (χ4n) is 5.70. The highest BCUT2D eigenvalue weighted by Gasteiger charge is 2.45. The summed E-state index contributed by atoms with van der Waals surface area (Å²) in [6.07, 6.45) is 9.45. The first-order valence-electron chi connectivity index (χ1n) is 12.2. The number of rotatable bonds is 5. The Morgan fingerprint density at radius 2 is 1.81 bits per heavy atom. The summed E-state index contributed by atoms with van der Waals surface area (Å²) in [5.41, 5.74) is 7.47. The Hall–Kier alpha value is -2.19. The molecule has 1 heterocycles. The van der Waals surface area contributed by atoms with Crippen LogP contribution in [0.5, 0.6) is 0 Å². The Kier molecular flexibility index (Phi) is 6.48. The number of hydrogen-bond donors (Lipinski definition) is 1. The van der Waals surface area contributed by atoms with Crippen molar-refractivity contribution in [2.24, 2.45) is 5.92 Å². The van der Waals surface area contributed by atoms with E-state index in [-0.39, 0.29) is 0 Å². The smallest absolute Gasteiger partial charge is 0.0722 e. The Bertz CT molecular complexity index is 1050. The number of hydrogen-bond acceptors (Lipinski definition) is 2. The van der Waals surface area contributed by atoms with Gasteiger partial charge in [-0.1, -0.05) is 49.7 Å². The molecule has 164 valence electrons. The van der Waals surface area contributed by atoms with Crippen molar-refractivity contribution in [3.05, 3.63) is 76.5 Å². The summed E-state index contributed by atoms with van der Waals surface area (Å²) in [5.74, 6) is 0.904. The third-order valence-corrected chi connectivity index (χ3v) is 7.24. The number of benzene rings is 2. The Labute approximate surface area is 187 Å². The molecule has 1 saturated carbocycles. The molecule has 0 spiro atoms. The average molecular weight is 416 g/mol. The molecule has 5 rings (SSSR count). The van der Waals surface area contributed by atoms with Gasteiger partial charge >= 0.3 is 0 Å². The molecule has 1 fully saturated rings. The van der Waals surface area contributed by atoms with Crippen molar-refractivity contribution in [3.63, 3.8) is 0 Å². The number of nitrogens with zero attached hydrogens (tertiary/aromatic N) is 1. The summed E-state index contributed by atoms with van der Waals surface area (Å²) in [6.45, 7) is 8.46. The number of aliphatic hydroxyl groups is 1. The van der Waals surface area contributed by atoms with Gasteiger partial charge in [0.15, 0.2) is 0 Å². The lowest BCUT2D eigenvalue weighted by atomic mass is 9.72. The van der Waals surface area contributed by atoms with Crippen molar-refractivity contribution >= 4 is 10.9 Å². The molecule has 0 radical (unpaired) electrons. The fourth-order valence-corrected chi connectivity index (χ4v) is 5.70. The van der Waals surface area contributed by atoms with Gasteiger partial charge in [-0.15, -0.1) is 0 Å². The maximum atomic E-state index is 12.0. The maximum absolute atomic E-state index is 12.0. The van der Waals surface area contributed by atoms with Gasteiger partial charge in [-0.2, -0.15) is 0 Å². The first-order chi connectivity index (χ1) is 15.0. The van der Waals surface area contributed by atoms with Gasteiger partial charge in [0.25, 0.3) is 0 Å². The van der Waals surface area contributed by atoms with E-state index in [1.807, 2.05) is 26.1 Å². The van der Waals surface area contributed by atoms with Crippen LogP contribution in [0, 0.1) is 19.8 Å². The lowest BCUT2D eigenvalue weighted by molar-refractivity contribution is 0.00132. The Morgan fingerprint density at radius 1 is 1.03 bits per heavy atom. The van der Waals surface area contributed by atoms with Crippen LogP contribution < -0.4 is 0 Å². The third-order valence-electron chi connectivity index (χ3n) is 7.24. The second-order valence-corrected chi connectivity index (χ2v) is 9.48. The summed E-state index contributed by atoms with van der Waals surface area (Å²) in [6, 6.07) is 15.1. The van der Waals surface area contributed by atoms with E-state index in [0.717, 1.165) is 31.2 Å². The molecule has 31 heavy (non-hydrogen) atoms. The molecular formula is C29H37NO. The number of aromatic nitrogens is 1. The summed E-state index contributed by atoms with van der Waals surface area (Å²) in [5, 5.41) is 13.1. The van der Waals surface area contributed by atoms with Gasteiger partial charge in [-0.3, -0.25) is 4.98 Å². The van der Waals surface area contributed by atoms with Crippen LogP contribution in [0.3, 0.4) is 0 Å². The normalized spacial score (nSPS) is 19.8. The van der Waals surface area contributed by atoms with Crippen molar-refractivity contribution in [1.29, 1.82) is 0 Å². The predicted molar refractivity (Wildman–Crippen MR) is 131 cm³/mol. The molecule has 2 aliphatic rings. The summed E-state index contributed by atoms with van der Waals surface area (Å²) in [4.78, 5) is 4.52. The van der Waals surface area contributed by atoms with Crippen molar-refractivity contribution in [2.45, 2.75) is 84.2 Å². The van der Waals surface area contributed by atoms with Crippen molar-refractivity contribution in [1.82, 2.24) is 4.98 Å². The molecular weight excluding hydrogens is 378 g/mol. The van der Waals surface area contributed by atoms with Crippen LogP contribution in [-0.2, 0) is 12.8 Å². The molecule has 3 aromatic rings. The van der Waals surface area contributed by atoms with Crippen LogP contribution in [0.15, 0.2) is 48.7 Å². The molecule has 1 N–H and O–H groups in total. The minimum Gasteiger partial charge on any atom is -0.389 e. The Balaban J connectivity index is 0.00000112. The maximum Gasteiger partial charge on any atom is 0.0722 e. The van der Waals surface area contributed by atoms with Crippen molar-refractivity contribution in [3.8, 4) is 0 Å². The van der Waals surface area contributed by atoms with Crippen molar-refractivity contribution < 1.29 is 5.11 Å². The molecule has 0 aliphatic heterocycles. The largest absolute Gasteiger partial charge is 0.389 e. The van der Waals surface area contributed by atoms with E-state index in [2.05, 4.69) is 55.2 Å². The zero-order valence-corrected chi connectivity index (χ0v) is 19.6. The molecule has 2 heteroatoms. The monoisotopic (exact) mass is 415 g/mol. The van der Waals surface area contributed by atoms with E-state index in [4.69, 9.17) is 0 Å². The summed E-state index contributed by atoms with van der Waals surface area (Å²) < 4.78 is 0. The lowest BCUT2D eigenvalue weighted by Crippen LogP contribution is -2.37. The molecule has 2 unspecified atom stereocenters. The number of aryl methyl sites for hydroxylation is 2. The van der Waals surface area contributed by atoms with Gasteiger partial charge in [0.2, 0.25) is 0 Å². The van der Waals surface area contributed by atoms with E-state index < -0.39 is 5.60 Å². The number of fused-ring (bicyclic) bond motifs is 2. The van der Waals surface area contributed by atoms with Gasteiger partial charge < -0.3 is 5.11 Å². The second kappa shape index (κ2) is 9.12. The van der Waals surface area contributed by atoms with Crippen LogP contribution in [0.2, 0.25) is 0 Å². The second-order valence-electron chi connectivity index (χ2n) is 9.48. The van der Waals surface area contributed by atoms with Crippen molar-refractivity contribution in [2.75, 3.05) is 0 Å². The quantitative estimate of drug-likeness (QED) is 0.483. The molecule has 0 saturated heterocycles. The van der Waals surface area contributed by atoms with Crippen LogP contribution in [-0.4, -0.2) is 15.7 Å². The highest BCUT2D eigenvalue weighted by molar-refractivity contribution is 5.81. The minimum atomic E-state index is -0.624. The van der Waals surface area contributed by atoms with E-state index >= 15 is 0 Å². The van der Waals surface area contributed by atoms with Gasteiger partial charge in [0, 0.05) is 18.0 Å². The molecule has 2 nitrogen and oxygen atoms in total. The number of pyridine rings is 1. The fraction of sp³-hybridized carbons (Fsp3) is 0.483. The van der Waals surface area contributed by atoms with Gasteiger partial charge in [0.05, 0.1) is 11.1 Å². The molecule has 0 amide bonds. The summed E-state index contributed by atoms with van der Waals surface area (Å²) >= 11 is 0. The molecule has 1 aromatic heterocycles. The lowest BCUT2D eigenvalue weighted by Gasteiger charge is -2.36. The standard InChI is InChI=1S/C27H31NO.C2H6/c1-18-14-19(2)23-8-5-6-20(25(23)15-18)16-27(29,22-10-11-22)17-21-12-13-28-26-9-4-3-7-24(21)26;1-2/h3-4,7,9,12-15,20,22,29H,5-6,8,10-11,16-17H2,1-2H3;1-2H3. The van der Waals surface area contributed by atoms with Crippen LogP contribution in [0.25, 0.3) is 10.9 Å². The molecule has 0 bridgehead atoms. The first-order valence-corrected chi connectivity index (χ1v) is 12.2. The van der Waals surface area contributed by atoms with Crippen LogP contribution >= 0.6 is 0 Å². The first kappa shape index (κ1) is 22.0. The number of para-hydroxylation sites is 1. The SMILES string of the molecule is CC.Cc1cc(C)c2c(c1)C(CC(O)(Cc1ccnc3ccccc13)C1CC1)CCC2. The molecule has 2 aromatic carbocycles. The topological polar surface area (TPSA) is 33.1 Å². The van der Waals surface area contributed by atoms with E-state index in [9.17, 15) is 5.11 Å². The highest BCUT2D eigenvalue weighted by Crippen LogP contribution is 2.49. The molecule has 2 atom stereocenters. The van der Waals surface area contributed by atoms with Gasteiger partial charge in [-0.05, 0) is 98.6 Å². The Morgan fingerprint density at radius 3 is 2.58 bits per heavy atom. The van der Waals surface area contributed by atoms with Gasteiger partial charge in [0.1, 0.15) is 0 Å². The highest BCUT2D eigenvalue weighted by atomic mass is 16.3. The van der Waals surface area contributed by atoms with E-state index in [1.165, 1.54) is 46.9 Å². The zero-order chi connectivity index (χ0) is 22.0. The average Bonchev–Trinajstić information content (AvgIpc) is 3.62. The minimum absolute atomic E-state index is 0.436. The zero-order valence-electron chi connectivity index (χ0n) is 19.6. The third kappa shape index (κ3) is 4.55. The van der Waals surface area contributed by atoms with E-state index in [1.54, 1.807) is 5.56 Å². The van der Waals surface area contributed by atoms with Crippen LogP contribution in [0.1, 0.15) is 79.7 Å². The molecule has 2 aliphatic carbocycles. The van der Waals surface area contributed by atoms with E-state index in [0.29, 0.717) is 11.8 Å². The summed E-state index contributed by atoms with van der Waals surface area (Å²) in [7, 11) is 0. The van der Waals surface area contributed by atoms with Gasteiger partial charge in [-0.25, -0.2) is 0 Å².